The SMILES string of the molecule is O=C(NCCc1ccc(Cl)cc1)c1cccc(C(=O)NC2CCCCCC2)n1. The Morgan fingerprint density at radius 3 is 2.25 bits per heavy atom. The van der Waals surface area contributed by atoms with Gasteiger partial charge in [0.05, 0.1) is 0 Å². The monoisotopic (exact) mass is 399 g/mol. The number of carbonyl (C=O) groups excluding carboxylic acids is 2. The smallest absolute Gasteiger partial charge is 0.270 e. The van der Waals surface area contributed by atoms with Gasteiger partial charge in [-0.05, 0) is 49.1 Å². The molecule has 5 nitrogen and oxygen atoms in total. The van der Waals surface area contributed by atoms with Crippen LogP contribution in [-0.2, 0) is 6.42 Å². The standard InChI is InChI=1S/C22H26ClN3O2/c23-17-12-10-16(11-13-17)14-15-24-21(27)19-8-5-9-20(26-19)22(28)25-18-6-3-1-2-4-7-18/h5,8-13,18H,1-4,6-7,14-15H2,(H,24,27)(H,25,28). The summed E-state index contributed by atoms with van der Waals surface area (Å²) in [5.74, 6) is -0.485. The molecule has 0 atom stereocenters. The van der Waals surface area contributed by atoms with E-state index in [0.29, 0.717) is 18.0 Å². The van der Waals surface area contributed by atoms with Crippen LogP contribution in [0.25, 0.3) is 0 Å². The number of nitrogens with zero attached hydrogens (tertiary/aromatic N) is 1. The lowest BCUT2D eigenvalue weighted by atomic mass is 10.1. The molecule has 1 aromatic heterocycles. The van der Waals surface area contributed by atoms with Gasteiger partial charge >= 0.3 is 0 Å². The van der Waals surface area contributed by atoms with Crippen LogP contribution in [0.5, 0.6) is 0 Å². The topological polar surface area (TPSA) is 71.1 Å². The Labute approximate surface area is 170 Å². The van der Waals surface area contributed by atoms with Gasteiger partial charge in [0.25, 0.3) is 11.8 Å². The van der Waals surface area contributed by atoms with Crippen LogP contribution in [0, 0.1) is 0 Å². The van der Waals surface area contributed by atoms with Gasteiger partial charge in [-0.15, -0.1) is 0 Å². The fraction of sp³-hybridized carbons (Fsp3) is 0.409. The predicted molar refractivity (Wildman–Crippen MR) is 111 cm³/mol. The van der Waals surface area contributed by atoms with E-state index >= 15 is 0 Å². The van der Waals surface area contributed by atoms with E-state index in [1.165, 1.54) is 12.8 Å². The third-order valence-corrected chi connectivity index (χ3v) is 5.27. The second-order valence-electron chi connectivity index (χ2n) is 7.20. The normalized spacial score (nSPS) is 14.9. The van der Waals surface area contributed by atoms with Crippen molar-refractivity contribution in [2.24, 2.45) is 0 Å². The maximum Gasteiger partial charge on any atom is 0.270 e. The molecule has 0 bridgehead atoms. The van der Waals surface area contributed by atoms with Gasteiger partial charge in [-0.3, -0.25) is 9.59 Å². The Balaban J connectivity index is 1.53. The molecule has 0 saturated heterocycles. The quantitative estimate of drug-likeness (QED) is 0.716. The van der Waals surface area contributed by atoms with Crippen molar-refractivity contribution in [3.8, 4) is 0 Å². The summed E-state index contributed by atoms with van der Waals surface area (Å²) in [6.07, 6.45) is 7.48. The van der Waals surface area contributed by atoms with Crippen LogP contribution >= 0.6 is 11.6 Å². The Hall–Kier alpha value is -2.40. The molecule has 3 rings (SSSR count). The molecule has 0 unspecified atom stereocenters. The highest BCUT2D eigenvalue weighted by Gasteiger charge is 2.17. The third-order valence-electron chi connectivity index (χ3n) is 5.02. The number of hydrogen-bond acceptors (Lipinski definition) is 3. The first-order chi connectivity index (χ1) is 13.6. The minimum atomic E-state index is -0.280. The van der Waals surface area contributed by atoms with Gasteiger partial charge in [0.1, 0.15) is 11.4 Å². The van der Waals surface area contributed by atoms with Gasteiger partial charge in [0.15, 0.2) is 0 Å². The lowest BCUT2D eigenvalue weighted by molar-refractivity contribution is 0.0927. The number of pyridine rings is 1. The third kappa shape index (κ3) is 6.06. The Morgan fingerprint density at radius 2 is 1.57 bits per heavy atom. The van der Waals surface area contributed by atoms with Gasteiger partial charge in [0, 0.05) is 17.6 Å². The average molecular weight is 400 g/mol. The first-order valence-electron chi connectivity index (χ1n) is 9.92. The van der Waals surface area contributed by atoms with Gasteiger partial charge in [-0.2, -0.15) is 0 Å². The van der Waals surface area contributed by atoms with E-state index < -0.39 is 0 Å². The number of benzene rings is 1. The fourth-order valence-electron chi connectivity index (χ4n) is 3.43. The summed E-state index contributed by atoms with van der Waals surface area (Å²) < 4.78 is 0. The number of carbonyl (C=O) groups is 2. The number of aromatic nitrogens is 1. The van der Waals surface area contributed by atoms with Crippen LogP contribution in [0.3, 0.4) is 0 Å². The summed E-state index contributed by atoms with van der Waals surface area (Å²) >= 11 is 5.88. The summed E-state index contributed by atoms with van der Waals surface area (Å²) in [5.41, 5.74) is 1.63. The molecule has 1 heterocycles. The average Bonchev–Trinajstić information content (AvgIpc) is 2.98. The van der Waals surface area contributed by atoms with E-state index in [1.54, 1.807) is 18.2 Å². The number of nitrogens with one attached hydrogen (secondary N) is 2. The van der Waals surface area contributed by atoms with Crippen molar-refractivity contribution in [3.63, 3.8) is 0 Å². The zero-order chi connectivity index (χ0) is 19.8. The molecule has 2 aromatic rings. The number of hydrogen-bond donors (Lipinski definition) is 2. The molecule has 0 radical (unpaired) electrons. The maximum atomic E-state index is 12.5. The van der Waals surface area contributed by atoms with E-state index in [4.69, 9.17) is 11.6 Å². The van der Waals surface area contributed by atoms with E-state index in [-0.39, 0.29) is 29.2 Å². The first kappa shape index (κ1) is 20.3. The molecule has 1 saturated carbocycles. The molecule has 1 aliphatic rings. The molecule has 148 valence electrons. The maximum absolute atomic E-state index is 12.5. The summed E-state index contributed by atoms with van der Waals surface area (Å²) in [6.45, 7) is 0.487. The molecular formula is C22H26ClN3O2. The minimum absolute atomic E-state index is 0.202. The van der Waals surface area contributed by atoms with Crippen LogP contribution in [0.2, 0.25) is 5.02 Å². The van der Waals surface area contributed by atoms with Crippen molar-refractivity contribution < 1.29 is 9.59 Å². The van der Waals surface area contributed by atoms with E-state index in [2.05, 4.69) is 15.6 Å². The van der Waals surface area contributed by atoms with Crippen LogP contribution in [0.15, 0.2) is 42.5 Å². The van der Waals surface area contributed by atoms with E-state index in [9.17, 15) is 9.59 Å². The molecule has 2 N–H and O–H groups in total. The molecule has 1 aromatic carbocycles. The van der Waals surface area contributed by atoms with Crippen LogP contribution in [-0.4, -0.2) is 29.4 Å². The highest BCUT2D eigenvalue weighted by molar-refractivity contribution is 6.30. The lowest BCUT2D eigenvalue weighted by Crippen LogP contribution is -2.35. The molecule has 2 amide bonds. The van der Waals surface area contributed by atoms with Crippen molar-refractivity contribution in [1.29, 1.82) is 0 Å². The highest BCUT2D eigenvalue weighted by atomic mass is 35.5. The molecule has 28 heavy (non-hydrogen) atoms. The van der Waals surface area contributed by atoms with Crippen molar-refractivity contribution in [3.05, 3.63) is 64.4 Å². The largest absolute Gasteiger partial charge is 0.350 e. The molecular weight excluding hydrogens is 374 g/mol. The molecule has 6 heteroatoms. The second kappa shape index (κ2) is 10.2. The molecule has 1 fully saturated rings. The van der Waals surface area contributed by atoms with Gasteiger partial charge in [-0.25, -0.2) is 4.98 Å². The lowest BCUT2D eigenvalue weighted by Gasteiger charge is -2.16. The Morgan fingerprint density at radius 1 is 0.929 bits per heavy atom. The summed E-state index contributed by atoms with van der Waals surface area (Å²) in [5, 5.41) is 6.61. The summed E-state index contributed by atoms with van der Waals surface area (Å²) in [4.78, 5) is 29.1. The van der Waals surface area contributed by atoms with Crippen molar-refractivity contribution in [2.75, 3.05) is 6.54 Å². The highest BCUT2D eigenvalue weighted by Crippen LogP contribution is 2.17. The zero-order valence-corrected chi connectivity index (χ0v) is 16.7. The minimum Gasteiger partial charge on any atom is -0.350 e. The van der Waals surface area contributed by atoms with Gasteiger partial charge in [0.2, 0.25) is 0 Å². The van der Waals surface area contributed by atoms with Crippen LogP contribution in [0.1, 0.15) is 65.1 Å². The summed E-state index contributed by atoms with van der Waals surface area (Å²) in [6, 6.07) is 12.7. The van der Waals surface area contributed by atoms with Gasteiger partial charge < -0.3 is 10.6 Å². The van der Waals surface area contributed by atoms with Crippen molar-refractivity contribution in [1.82, 2.24) is 15.6 Å². The molecule has 0 spiro atoms. The fourth-order valence-corrected chi connectivity index (χ4v) is 3.56. The summed E-state index contributed by atoms with van der Waals surface area (Å²) in [7, 11) is 0. The number of amides is 2. The second-order valence-corrected chi connectivity index (χ2v) is 7.64. The first-order valence-corrected chi connectivity index (χ1v) is 10.3. The van der Waals surface area contributed by atoms with Crippen molar-refractivity contribution in [2.45, 2.75) is 51.0 Å². The number of rotatable bonds is 6. The van der Waals surface area contributed by atoms with E-state index in [0.717, 1.165) is 31.2 Å². The van der Waals surface area contributed by atoms with Gasteiger partial charge in [-0.1, -0.05) is 55.5 Å². The van der Waals surface area contributed by atoms with E-state index in [1.807, 2.05) is 24.3 Å². The predicted octanol–water partition coefficient (Wildman–Crippen LogP) is 4.16. The van der Waals surface area contributed by atoms with Crippen LogP contribution < -0.4 is 10.6 Å². The Kier molecular flexibility index (Phi) is 7.43. The van der Waals surface area contributed by atoms with Crippen LogP contribution in [0.4, 0.5) is 0 Å². The van der Waals surface area contributed by atoms with Crippen molar-refractivity contribution >= 4 is 23.4 Å². The zero-order valence-electron chi connectivity index (χ0n) is 15.9. The molecule has 0 aliphatic heterocycles. The molecule has 1 aliphatic carbocycles. The number of halogens is 1. The Bertz CT molecular complexity index is 800.